The van der Waals surface area contributed by atoms with E-state index in [1.54, 1.807) is 11.2 Å². The van der Waals surface area contributed by atoms with Gasteiger partial charge in [-0.15, -0.1) is 0 Å². The molecular weight excluding hydrogens is 282 g/mol. The summed E-state index contributed by atoms with van der Waals surface area (Å²) in [5.74, 6) is 0.999. The Morgan fingerprint density at radius 2 is 1.91 bits per heavy atom. The van der Waals surface area contributed by atoms with E-state index in [9.17, 15) is 4.79 Å². The molecule has 0 aromatic carbocycles. The second kappa shape index (κ2) is 5.47. The summed E-state index contributed by atoms with van der Waals surface area (Å²) in [7, 11) is 0. The van der Waals surface area contributed by atoms with Gasteiger partial charge < -0.3 is 14.5 Å². The first kappa shape index (κ1) is 14.6. The zero-order valence-corrected chi connectivity index (χ0v) is 13.2. The minimum Gasteiger partial charge on any atom is -0.444 e. The summed E-state index contributed by atoms with van der Waals surface area (Å²) in [5.41, 5.74) is 0.368. The molecule has 1 aliphatic rings. The Morgan fingerprint density at radius 3 is 2.59 bits per heavy atom. The highest BCUT2D eigenvalue weighted by molar-refractivity contribution is 5.68. The molecular formula is C15H21N5O2. The van der Waals surface area contributed by atoms with Gasteiger partial charge in [-0.05, 0) is 32.9 Å². The molecule has 0 radical (unpaired) electrons. The summed E-state index contributed by atoms with van der Waals surface area (Å²) in [6.45, 7) is 8.42. The smallest absolute Gasteiger partial charge is 0.410 e. The van der Waals surface area contributed by atoms with Gasteiger partial charge in [0.2, 0.25) is 0 Å². The number of carbonyl (C=O) groups excluding carboxylic acids is 1. The van der Waals surface area contributed by atoms with E-state index >= 15 is 0 Å². The van der Waals surface area contributed by atoms with Crippen LogP contribution in [0, 0.1) is 0 Å². The summed E-state index contributed by atoms with van der Waals surface area (Å²) in [4.78, 5) is 20.2. The van der Waals surface area contributed by atoms with Crippen LogP contribution in [-0.2, 0) is 4.74 Å². The quantitative estimate of drug-likeness (QED) is 0.803. The number of piperazine rings is 1. The summed E-state index contributed by atoms with van der Waals surface area (Å²) in [6, 6.07) is 5.91. The normalized spacial score (nSPS) is 16.1. The van der Waals surface area contributed by atoms with E-state index in [2.05, 4.69) is 15.0 Å². The number of anilines is 1. The number of aromatic nitrogens is 3. The molecule has 22 heavy (non-hydrogen) atoms. The van der Waals surface area contributed by atoms with Gasteiger partial charge in [0.15, 0.2) is 5.65 Å². The van der Waals surface area contributed by atoms with E-state index in [0.717, 1.165) is 24.6 Å². The van der Waals surface area contributed by atoms with Gasteiger partial charge in [-0.3, -0.25) is 0 Å². The number of hydrogen-bond donors (Lipinski definition) is 0. The standard InChI is InChI=1S/C15H21N5O2/c1-15(2,3)22-14(21)19-9-7-18(8-10-19)13-6-4-5-12-16-11-17-20(12)13/h4-6,11H,7-10H2,1-3H3. The second-order valence-electron chi connectivity index (χ2n) is 6.37. The first-order valence-corrected chi connectivity index (χ1v) is 7.46. The van der Waals surface area contributed by atoms with Crippen LogP contribution in [0.1, 0.15) is 20.8 Å². The molecule has 0 atom stereocenters. The molecule has 118 valence electrons. The highest BCUT2D eigenvalue weighted by Gasteiger charge is 2.26. The highest BCUT2D eigenvalue weighted by Crippen LogP contribution is 2.18. The highest BCUT2D eigenvalue weighted by atomic mass is 16.6. The Balaban J connectivity index is 1.67. The van der Waals surface area contributed by atoms with Crippen LogP contribution in [-0.4, -0.2) is 57.4 Å². The van der Waals surface area contributed by atoms with Crippen LogP contribution in [0.5, 0.6) is 0 Å². The molecule has 3 heterocycles. The lowest BCUT2D eigenvalue weighted by molar-refractivity contribution is 0.0240. The van der Waals surface area contributed by atoms with E-state index in [0.29, 0.717) is 13.1 Å². The van der Waals surface area contributed by atoms with Crippen LogP contribution < -0.4 is 4.90 Å². The van der Waals surface area contributed by atoms with Crippen LogP contribution in [0.2, 0.25) is 0 Å². The lowest BCUT2D eigenvalue weighted by Gasteiger charge is -2.36. The van der Waals surface area contributed by atoms with Crippen molar-refractivity contribution >= 4 is 17.6 Å². The predicted molar refractivity (Wildman–Crippen MR) is 83.0 cm³/mol. The average Bonchev–Trinajstić information content (AvgIpc) is 2.94. The fraction of sp³-hybridized carbons (Fsp3) is 0.533. The van der Waals surface area contributed by atoms with E-state index < -0.39 is 5.60 Å². The van der Waals surface area contributed by atoms with Gasteiger partial charge in [0.1, 0.15) is 17.7 Å². The summed E-state index contributed by atoms with van der Waals surface area (Å²) < 4.78 is 7.24. The first-order chi connectivity index (χ1) is 10.4. The maximum Gasteiger partial charge on any atom is 0.410 e. The molecule has 2 aromatic heterocycles. The number of amides is 1. The molecule has 0 aliphatic carbocycles. The Bertz CT molecular complexity index is 668. The zero-order valence-electron chi connectivity index (χ0n) is 13.2. The van der Waals surface area contributed by atoms with Crippen LogP contribution in [0.3, 0.4) is 0 Å². The maximum atomic E-state index is 12.1. The summed E-state index contributed by atoms with van der Waals surface area (Å²) in [5, 5.41) is 4.26. The lowest BCUT2D eigenvalue weighted by Crippen LogP contribution is -2.50. The van der Waals surface area contributed by atoms with E-state index in [1.165, 1.54) is 0 Å². The van der Waals surface area contributed by atoms with Gasteiger partial charge in [0.05, 0.1) is 0 Å². The Morgan fingerprint density at radius 1 is 1.18 bits per heavy atom. The van der Waals surface area contributed by atoms with E-state index in [4.69, 9.17) is 4.74 Å². The molecule has 1 fully saturated rings. The molecule has 1 amide bonds. The van der Waals surface area contributed by atoms with Gasteiger partial charge in [-0.25, -0.2) is 9.78 Å². The average molecular weight is 303 g/mol. The van der Waals surface area contributed by atoms with Gasteiger partial charge in [-0.2, -0.15) is 9.61 Å². The molecule has 1 aliphatic heterocycles. The molecule has 7 heteroatoms. The minimum atomic E-state index is -0.458. The van der Waals surface area contributed by atoms with Crippen molar-refractivity contribution in [2.75, 3.05) is 31.1 Å². The first-order valence-electron chi connectivity index (χ1n) is 7.46. The monoisotopic (exact) mass is 303 g/mol. The van der Waals surface area contributed by atoms with Crippen LogP contribution in [0.15, 0.2) is 24.5 Å². The lowest BCUT2D eigenvalue weighted by atomic mass is 10.2. The largest absolute Gasteiger partial charge is 0.444 e. The SMILES string of the molecule is CC(C)(C)OC(=O)N1CCN(c2cccc3ncnn23)CC1. The van der Waals surface area contributed by atoms with Gasteiger partial charge in [0.25, 0.3) is 0 Å². The van der Waals surface area contributed by atoms with E-state index in [-0.39, 0.29) is 6.09 Å². The van der Waals surface area contributed by atoms with Crippen molar-refractivity contribution in [3.63, 3.8) is 0 Å². The van der Waals surface area contributed by atoms with Crippen molar-refractivity contribution in [3.8, 4) is 0 Å². The van der Waals surface area contributed by atoms with Crippen LogP contribution >= 0.6 is 0 Å². The van der Waals surface area contributed by atoms with Gasteiger partial charge >= 0.3 is 6.09 Å². The predicted octanol–water partition coefficient (Wildman–Crippen LogP) is 1.79. The maximum absolute atomic E-state index is 12.1. The summed E-state index contributed by atoms with van der Waals surface area (Å²) >= 11 is 0. The number of carbonyl (C=O) groups is 1. The van der Waals surface area contributed by atoms with Crippen molar-refractivity contribution < 1.29 is 9.53 Å². The molecule has 0 bridgehead atoms. The molecule has 0 N–H and O–H groups in total. The topological polar surface area (TPSA) is 63.0 Å². The Labute approximate surface area is 129 Å². The van der Waals surface area contributed by atoms with Crippen molar-refractivity contribution in [1.29, 1.82) is 0 Å². The minimum absolute atomic E-state index is 0.244. The van der Waals surface area contributed by atoms with Crippen molar-refractivity contribution in [3.05, 3.63) is 24.5 Å². The summed E-state index contributed by atoms with van der Waals surface area (Å²) in [6.07, 6.45) is 1.31. The van der Waals surface area contributed by atoms with Gasteiger partial charge in [0, 0.05) is 26.2 Å². The third-order valence-electron chi connectivity index (χ3n) is 3.54. The molecule has 3 rings (SSSR count). The zero-order chi connectivity index (χ0) is 15.7. The molecule has 1 saturated heterocycles. The van der Waals surface area contributed by atoms with Gasteiger partial charge in [-0.1, -0.05) is 6.07 Å². The molecule has 7 nitrogen and oxygen atoms in total. The van der Waals surface area contributed by atoms with Crippen molar-refractivity contribution in [2.24, 2.45) is 0 Å². The Kier molecular flexibility index (Phi) is 3.64. The van der Waals surface area contributed by atoms with Crippen LogP contribution in [0.4, 0.5) is 10.6 Å². The molecule has 0 spiro atoms. The molecule has 2 aromatic rings. The molecule has 0 saturated carbocycles. The number of pyridine rings is 1. The third kappa shape index (κ3) is 2.98. The molecule has 0 unspecified atom stereocenters. The second-order valence-corrected chi connectivity index (χ2v) is 6.37. The van der Waals surface area contributed by atoms with Crippen LogP contribution in [0.25, 0.3) is 5.65 Å². The fourth-order valence-electron chi connectivity index (χ4n) is 2.52. The third-order valence-corrected chi connectivity index (χ3v) is 3.54. The number of nitrogens with zero attached hydrogens (tertiary/aromatic N) is 5. The number of rotatable bonds is 1. The van der Waals surface area contributed by atoms with Crippen molar-refractivity contribution in [1.82, 2.24) is 19.5 Å². The number of ether oxygens (including phenoxy) is 1. The van der Waals surface area contributed by atoms with E-state index in [1.807, 2.05) is 43.5 Å². The Hall–Kier alpha value is -2.31. The number of hydrogen-bond acceptors (Lipinski definition) is 5. The fourth-order valence-corrected chi connectivity index (χ4v) is 2.52. The van der Waals surface area contributed by atoms with Crippen molar-refractivity contribution in [2.45, 2.75) is 26.4 Å². The number of fused-ring (bicyclic) bond motifs is 1.